The predicted octanol–water partition coefficient (Wildman–Crippen LogP) is 3.79. The molecule has 8 heteroatoms. The Morgan fingerprint density at radius 1 is 1.20 bits per heavy atom. The van der Waals surface area contributed by atoms with Crippen LogP contribution in [-0.2, 0) is 13.0 Å². The maximum absolute atomic E-state index is 13.5. The normalized spacial score (nSPS) is 15.5. The third kappa shape index (κ3) is 4.84. The molecule has 0 atom stereocenters. The lowest BCUT2D eigenvalue weighted by atomic mass is 10.1. The van der Waals surface area contributed by atoms with Crippen molar-refractivity contribution in [2.24, 2.45) is 0 Å². The standard InChI is InChI=1S/C22H29ClN6O/c1-27(12-9-17-13-24-25-14-17)16-19-21(26-20-8-7-18(23)15-29(19)20)22(30)28-10-5-3-2-4-6-11-28/h7-8,13-15H,2-6,9-12,16H2,1H3,(H,24,25). The molecule has 4 heterocycles. The van der Waals surface area contributed by atoms with Crippen LogP contribution in [0.15, 0.2) is 30.7 Å². The highest BCUT2D eigenvalue weighted by Gasteiger charge is 2.25. The molecule has 1 fully saturated rings. The van der Waals surface area contributed by atoms with Crippen LogP contribution >= 0.6 is 11.6 Å². The number of fused-ring (bicyclic) bond motifs is 1. The molecule has 4 rings (SSSR count). The minimum Gasteiger partial charge on any atom is -0.337 e. The maximum atomic E-state index is 13.5. The van der Waals surface area contributed by atoms with Gasteiger partial charge in [-0.05, 0) is 44.0 Å². The van der Waals surface area contributed by atoms with E-state index in [4.69, 9.17) is 16.6 Å². The van der Waals surface area contributed by atoms with E-state index in [2.05, 4.69) is 22.1 Å². The molecule has 0 unspecified atom stereocenters. The van der Waals surface area contributed by atoms with E-state index in [1.165, 1.54) is 24.8 Å². The van der Waals surface area contributed by atoms with Gasteiger partial charge in [0.25, 0.3) is 5.91 Å². The summed E-state index contributed by atoms with van der Waals surface area (Å²) >= 11 is 6.27. The van der Waals surface area contributed by atoms with Gasteiger partial charge in [-0.15, -0.1) is 0 Å². The molecular formula is C22H29ClN6O. The number of rotatable bonds is 6. The number of likely N-dealkylation sites (tertiary alicyclic amines) is 1. The maximum Gasteiger partial charge on any atom is 0.274 e. The molecule has 0 aliphatic carbocycles. The zero-order valence-corrected chi connectivity index (χ0v) is 18.2. The highest BCUT2D eigenvalue weighted by Crippen LogP contribution is 2.21. The Morgan fingerprint density at radius 3 is 2.70 bits per heavy atom. The molecule has 0 aromatic carbocycles. The minimum atomic E-state index is 0.0370. The number of halogens is 1. The summed E-state index contributed by atoms with van der Waals surface area (Å²) in [5.41, 5.74) is 3.37. The Bertz CT molecular complexity index is 975. The van der Waals surface area contributed by atoms with E-state index in [0.717, 1.165) is 50.2 Å². The van der Waals surface area contributed by atoms with Crippen LogP contribution in [0.3, 0.4) is 0 Å². The predicted molar refractivity (Wildman–Crippen MR) is 118 cm³/mol. The van der Waals surface area contributed by atoms with Gasteiger partial charge in [0.05, 0.1) is 16.9 Å². The summed E-state index contributed by atoms with van der Waals surface area (Å²) in [7, 11) is 2.06. The van der Waals surface area contributed by atoms with Crippen LogP contribution in [-0.4, -0.2) is 62.0 Å². The van der Waals surface area contributed by atoms with E-state index in [-0.39, 0.29) is 5.91 Å². The van der Waals surface area contributed by atoms with Crippen LogP contribution in [0.4, 0.5) is 0 Å². The second-order valence-electron chi connectivity index (χ2n) is 8.14. The second kappa shape index (κ2) is 9.62. The number of aromatic nitrogens is 4. The zero-order valence-electron chi connectivity index (χ0n) is 17.5. The van der Waals surface area contributed by atoms with Crippen molar-refractivity contribution in [3.8, 4) is 0 Å². The van der Waals surface area contributed by atoms with E-state index in [1.54, 1.807) is 0 Å². The number of nitrogens with zero attached hydrogens (tertiary/aromatic N) is 5. The Kier molecular flexibility index (Phi) is 6.69. The fraction of sp³-hybridized carbons (Fsp3) is 0.500. The van der Waals surface area contributed by atoms with Gasteiger partial charge >= 0.3 is 0 Å². The average Bonchev–Trinajstić information content (AvgIpc) is 3.34. The van der Waals surface area contributed by atoms with Gasteiger partial charge in [-0.1, -0.05) is 30.9 Å². The topological polar surface area (TPSA) is 69.5 Å². The van der Waals surface area contributed by atoms with Crippen molar-refractivity contribution in [1.82, 2.24) is 29.4 Å². The van der Waals surface area contributed by atoms with Crippen LogP contribution < -0.4 is 0 Å². The van der Waals surface area contributed by atoms with E-state index in [9.17, 15) is 4.79 Å². The number of hydrogen-bond donors (Lipinski definition) is 1. The molecule has 1 N–H and O–H groups in total. The molecule has 0 bridgehead atoms. The number of amides is 1. The first kappa shape index (κ1) is 20.9. The van der Waals surface area contributed by atoms with E-state index >= 15 is 0 Å². The van der Waals surface area contributed by atoms with Crippen molar-refractivity contribution < 1.29 is 4.79 Å². The minimum absolute atomic E-state index is 0.0370. The number of H-pyrrole nitrogens is 1. The SMILES string of the molecule is CN(CCc1cn[nH]c1)Cc1c(C(=O)N2CCCCCCC2)nc2ccc(Cl)cn12. The molecule has 3 aromatic heterocycles. The van der Waals surface area contributed by atoms with Gasteiger partial charge in [-0.3, -0.25) is 9.89 Å². The van der Waals surface area contributed by atoms with E-state index in [0.29, 0.717) is 17.3 Å². The smallest absolute Gasteiger partial charge is 0.274 e. The Balaban J connectivity index is 1.59. The first-order valence-electron chi connectivity index (χ1n) is 10.7. The van der Waals surface area contributed by atoms with Crippen molar-refractivity contribution in [2.75, 3.05) is 26.7 Å². The van der Waals surface area contributed by atoms with Crippen molar-refractivity contribution in [2.45, 2.75) is 45.1 Å². The molecule has 1 aliphatic rings. The van der Waals surface area contributed by atoms with Crippen LogP contribution in [0, 0.1) is 0 Å². The first-order chi connectivity index (χ1) is 14.6. The number of nitrogens with one attached hydrogen (secondary N) is 1. The third-order valence-corrected chi connectivity index (χ3v) is 6.01. The Hall–Kier alpha value is -2.38. The number of likely N-dealkylation sites (N-methyl/N-ethyl adjacent to an activating group) is 1. The van der Waals surface area contributed by atoms with Gasteiger partial charge < -0.3 is 14.2 Å². The fourth-order valence-corrected chi connectivity index (χ4v) is 4.22. The van der Waals surface area contributed by atoms with Gasteiger partial charge in [0, 0.05) is 38.6 Å². The molecule has 30 heavy (non-hydrogen) atoms. The Labute approximate surface area is 182 Å². The van der Waals surface area contributed by atoms with Gasteiger partial charge in [0.15, 0.2) is 5.69 Å². The van der Waals surface area contributed by atoms with Gasteiger partial charge in [0.2, 0.25) is 0 Å². The lowest BCUT2D eigenvalue weighted by Crippen LogP contribution is -2.35. The molecule has 3 aromatic rings. The number of imidazole rings is 1. The second-order valence-corrected chi connectivity index (χ2v) is 8.57. The molecule has 0 saturated carbocycles. The number of carbonyl (C=O) groups excluding carboxylic acids is 1. The monoisotopic (exact) mass is 428 g/mol. The fourth-order valence-electron chi connectivity index (χ4n) is 4.06. The first-order valence-corrected chi connectivity index (χ1v) is 11.1. The van der Waals surface area contributed by atoms with Gasteiger partial charge in [-0.2, -0.15) is 5.10 Å². The van der Waals surface area contributed by atoms with Crippen molar-refractivity contribution in [3.63, 3.8) is 0 Å². The zero-order chi connectivity index (χ0) is 20.9. The van der Waals surface area contributed by atoms with Crippen LogP contribution in [0.1, 0.15) is 53.8 Å². The number of hydrogen-bond acceptors (Lipinski definition) is 4. The van der Waals surface area contributed by atoms with E-state index < -0.39 is 0 Å². The van der Waals surface area contributed by atoms with Gasteiger partial charge in [0.1, 0.15) is 5.65 Å². The van der Waals surface area contributed by atoms with Crippen molar-refractivity contribution >= 4 is 23.2 Å². The molecule has 1 saturated heterocycles. The molecule has 0 radical (unpaired) electrons. The number of aromatic amines is 1. The van der Waals surface area contributed by atoms with Crippen LogP contribution in [0.25, 0.3) is 5.65 Å². The highest BCUT2D eigenvalue weighted by atomic mass is 35.5. The Morgan fingerprint density at radius 2 is 1.97 bits per heavy atom. The van der Waals surface area contributed by atoms with E-state index in [1.807, 2.05) is 40.0 Å². The summed E-state index contributed by atoms with van der Waals surface area (Å²) in [6, 6.07) is 3.70. The van der Waals surface area contributed by atoms with Crippen LogP contribution in [0.2, 0.25) is 5.02 Å². The molecular weight excluding hydrogens is 400 g/mol. The molecule has 1 aliphatic heterocycles. The highest BCUT2D eigenvalue weighted by molar-refractivity contribution is 6.30. The number of carbonyl (C=O) groups is 1. The largest absolute Gasteiger partial charge is 0.337 e. The van der Waals surface area contributed by atoms with Gasteiger partial charge in [-0.25, -0.2) is 4.98 Å². The summed E-state index contributed by atoms with van der Waals surface area (Å²) in [4.78, 5) is 22.4. The number of pyridine rings is 1. The van der Waals surface area contributed by atoms with Crippen molar-refractivity contribution in [1.29, 1.82) is 0 Å². The molecule has 0 spiro atoms. The summed E-state index contributed by atoms with van der Waals surface area (Å²) in [6.45, 7) is 3.09. The summed E-state index contributed by atoms with van der Waals surface area (Å²) in [5, 5.41) is 7.49. The van der Waals surface area contributed by atoms with Crippen LogP contribution in [0.5, 0.6) is 0 Å². The lowest BCUT2D eigenvalue weighted by Gasteiger charge is -2.25. The molecule has 1 amide bonds. The van der Waals surface area contributed by atoms with Crippen molar-refractivity contribution in [3.05, 3.63) is 52.7 Å². The molecule has 160 valence electrons. The third-order valence-electron chi connectivity index (χ3n) is 5.78. The average molecular weight is 429 g/mol. The summed E-state index contributed by atoms with van der Waals surface area (Å²) in [5.74, 6) is 0.0370. The quantitative estimate of drug-likeness (QED) is 0.648. The molecule has 7 nitrogen and oxygen atoms in total. The lowest BCUT2D eigenvalue weighted by molar-refractivity contribution is 0.0735. The summed E-state index contributed by atoms with van der Waals surface area (Å²) < 4.78 is 1.97. The summed E-state index contributed by atoms with van der Waals surface area (Å²) in [6.07, 6.45) is 12.3.